The van der Waals surface area contributed by atoms with Gasteiger partial charge in [0.25, 0.3) is 0 Å². The van der Waals surface area contributed by atoms with Gasteiger partial charge in [-0.2, -0.15) is 0 Å². The van der Waals surface area contributed by atoms with Gasteiger partial charge in [-0.25, -0.2) is 0 Å². The van der Waals surface area contributed by atoms with E-state index in [4.69, 9.17) is 4.74 Å². The molecule has 2 nitrogen and oxygen atoms in total. The van der Waals surface area contributed by atoms with Crippen molar-refractivity contribution in [2.24, 2.45) is 0 Å². The van der Waals surface area contributed by atoms with Crippen molar-refractivity contribution in [3.8, 4) is 16.9 Å². The summed E-state index contributed by atoms with van der Waals surface area (Å²) in [6.45, 7) is 10.6. The Morgan fingerprint density at radius 2 is 1.50 bits per heavy atom. The number of hydrogen-bond acceptors (Lipinski definition) is 2. The van der Waals surface area contributed by atoms with Crippen LogP contribution in [-0.4, -0.2) is 17.8 Å². The molecule has 1 unspecified atom stereocenters. The van der Waals surface area contributed by atoms with Crippen LogP contribution in [0.2, 0.25) is 0 Å². The SMILES string of the molecule is CC(=O)Oc1ccccc1-c1ccccc1P(C)C(C)(C)C. The highest BCUT2D eigenvalue weighted by Gasteiger charge is 2.24. The summed E-state index contributed by atoms with van der Waals surface area (Å²) in [5, 5.41) is 1.56. The maximum atomic E-state index is 11.4. The monoisotopic (exact) mass is 314 g/mol. The Balaban J connectivity index is 2.57. The van der Waals surface area contributed by atoms with Crippen LogP contribution in [0.25, 0.3) is 11.1 Å². The molecule has 0 aliphatic heterocycles. The third-order valence-electron chi connectivity index (χ3n) is 3.70. The van der Waals surface area contributed by atoms with Gasteiger partial charge in [0.05, 0.1) is 0 Å². The van der Waals surface area contributed by atoms with Crippen LogP contribution in [0.3, 0.4) is 0 Å². The summed E-state index contributed by atoms with van der Waals surface area (Å²) >= 11 is 0. The third-order valence-corrected chi connectivity index (χ3v) is 6.83. The van der Waals surface area contributed by atoms with Crippen molar-refractivity contribution >= 4 is 19.2 Å². The Bertz CT molecular complexity index is 671. The fourth-order valence-corrected chi connectivity index (χ4v) is 3.88. The molecule has 2 aromatic rings. The van der Waals surface area contributed by atoms with Gasteiger partial charge in [0.2, 0.25) is 0 Å². The van der Waals surface area contributed by atoms with Crippen molar-refractivity contribution in [3.05, 3.63) is 48.5 Å². The van der Waals surface area contributed by atoms with E-state index in [1.54, 1.807) is 0 Å². The second-order valence-electron chi connectivity index (χ2n) is 6.34. The molecule has 0 aliphatic carbocycles. The van der Waals surface area contributed by atoms with Crippen LogP contribution >= 0.6 is 7.92 Å². The summed E-state index contributed by atoms with van der Waals surface area (Å²) in [6, 6.07) is 16.2. The Kier molecular flexibility index (Phi) is 5.03. The van der Waals surface area contributed by atoms with Gasteiger partial charge in [0.1, 0.15) is 5.75 Å². The van der Waals surface area contributed by atoms with Crippen LogP contribution in [0, 0.1) is 0 Å². The summed E-state index contributed by atoms with van der Waals surface area (Å²) in [7, 11) is -0.334. The van der Waals surface area contributed by atoms with E-state index in [1.165, 1.54) is 12.2 Å². The number of benzene rings is 2. The topological polar surface area (TPSA) is 26.3 Å². The first kappa shape index (κ1) is 16.7. The van der Waals surface area contributed by atoms with Gasteiger partial charge in [-0.3, -0.25) is 4.79 Å². The van der Waals surface area contributed by atoms with E-state index >= 15 is 0 Å². The van der Waals surface area contributed by atoms with E-state index in [0.29, 0.717) is 5.75 Å². The third kappa shape index (κ3) is 3.75. The number of rotatable bonds is 3. The highest BCUT2D eigenvalue weighted by molar-refractivity contribution is 7.66. The van der Waals surface area contributed by atoms with E-state index < -0.39 is 0 Å². The molecule has 0 N–H and O–H groups in total. The van der Waals surface area contributed by atoms with Crippen molar-refractivity contribution in [1.82, 2.24) is 0 Å². The van der Waals surface area contributed by atoms with Gasteiger partial charge in [-0.1, -0.05) is 71.2 Å². The number of carbonyl (C=O) groups is 1. The van der Waals surface area contributed by atoms with Crippen LogP contribution in [0.1, 0.15) is 27.7 Å². The number of para-hydroxylation sites is 1. The van der Waals surface area contributed by atoms with E-state index in [-0.39, 0.29) is 19.0 Å². The molecule has 0 fully saturated rings. The van der Waals surface area contributed by atoms with Crippen molar-refractivity contribution < 1.29 is 9.53 Å². The van der Waals surface area contributed by atoms with Crippen LogP contribution < -0.4 is 10.0 Å². The number of hydrogen-bond donors (Lipinski definition) is 0. The fraction of sp³-hybridized carbons (Fsp3) is 0.316. The summed E-state index contributed by atoms with van der Waals surface area (Å²) in [5.41, 5.74) is 2.13. The quantitative estimate of drug-likeness (QED) is 0.461. The Morgan fingerprint density at radius 3 is 2.09 bits per heavy atom. The normalized spacial score (nSPS) is 12.8. The first-order chi connectivity index (χ1) is 10.3. The molecule has 0 bridgehead atoms. The Hall–Kier alpha value is -1.66. The molecule has 22 heavy (non-hydrogen) atoms. The maximum Gasteiger partial charge on any atom is 0.308 e. The second kappa shape index (κ2) is 6.62. The minimum atomic E-state index is -0.334. The molecular formula is C19H23O2P. The largest absolute Gasteiger partial charge is 0.426 e. The minimum absolute atomic E-state index is 0.224. The average Bonchev–Trinajstić information content (AvgIpc) is 2.45. The molecule has 1 atom stereocenters. The molecule has 0 aromatic heterocycles. The molecule has 2 aromatic carbocycles. The summed E-state index contributed by atoms with van der Waals surface area (Å²) in [6.07, 6.45) is 0. The summed E-state index contributed by atoms with van der Waals surface area (Å²) in [5.74, 6) is 0.333. The molecule has 116 valence electrons. The molecule has 0 saturated carbocycles. The van der Waals surface area contributed by atoms with Gasteiger partial charge in [-0.05, 0) is 28.8 Å². The smallest absolute Gasteiger partial charge is 0.308 e. The molecule has 0 aliphatic rings. The van der Waals surface area contributed by atoms with E-state index in [2.05, 4.69) is 45.6 Å². The van der Waals surface area contributed by atoms with Gasteiger partial charge < -0.3 is 4.74 Å². The highest BCUT2D eigenvalue weighted by Crippen LogP contribution is 2.47. The standard InChI is InChI=1S/C19H23O2P/c1-14(20)21-17-12-8-6-10-15(17)16-11-7-9-13-18(16)22(5)19(2,3)4/h6-13H,1-5H3. The summed E-state index contributed by atoms with van der Waals surface area (Å²) < 4.78 is 5.39. The molecule has 0 amide bonds. The van der Waals surface area contributed by atoms with Crippen LogP contribution in [-0.2, 0) is 4.79 Å². The summed E-state index contributed by atoms with van der Waals surface area (Å²) in [4.78, 5) is 11.4. The molecule has 2 rings (SSSR count). The first-order valence-corrected chi connectivity index (χ1v) is 9.20. The first-order valence-electron chi connectivity index (χ1n) is 7.41. The van der Waals surface area contributed by atoms with E-state index in [1.807, 2.05) is 30.3 Å². The van der Waals surface area contributed by atoms with Crippen molar-refractivity contribution in [3.63, 3.8) is 0 Å². The van der Waals surface area contributed by atoms with Gasteiger partial charge in [0.15, 0.2) is 0 Å². The van der Waals surface area contributed by atoms with Gasteiger partial charge in [-0.15, -0.1) is 0 Å². The van der Waals surface area contributed by atoms with Gasteiger partial charge in [0, 0.05) is 12.5 Å². The minimum Gasteiger partial charge on any atom is -0.426 e. The zero-order valence-corrected chi connectivity index (χ0v) is 14.8. The molecule has 0 saturated heterocycles. The average molecular weight is 314 g/mol. The lowest BCUT2D eigenvalue weighted by Crippen LogP contribution is -2.20. The highest BCUT2D eigenvalue weighted by atomic mass is 31.1. The van der Waals surface area contributed by atoms with Crippen LogP contribution in [0.5, 0.6) is 5.75 Å². The predicted octanol–water partition coefficient (Wildman–Crippen LogP) is 4.81. The number of ether oxygens (including phenoxy) is 1. The zero-order valence-electron chi connectivity index (χ0n) is 13.9. The molecular weight excluding hydrogens is 291 g/mol. The van der Waals surface area contributed by atoms with Crippen molar-refractivity contribution in [1.29, 1.82) is 0 Å². The molecule has 0 spiro atoms. The van der Waals surface area contributed by atoms with Gasteiger partial charge >= 0.3 is 5.97 Å². The molecule has 0 heterocycles. The van der Waals surface area contributed by atoms with Crippen LogP contribution in [0.15, 0.2) is 48.5 Å². The van der Waals surface area contributed by atoms with Crippen LogP contribution in [0.4, 0.5) is 0 Å². The molecule has 0 radical (unpaired) electrons. The lowest BCUT2D eigenvalue weighted by Gasteiger charge is -2.30. The van der Waals surface area contributed by atoms with E-state index in [9.17, 15) is 4.79 Å². The maximum absolute atomic E-state index is 11.4. The number of esters is 1. The Morgan fingerprint density at radius 1 is 0.955 bits per heavy atom. The Labute approximate surface area is 134 Å². The van der Waals surface area contributed by atoms with Crippen molar-refractivity contribution in [2.75, 3.05) is 6.66 Å². The number of carbonyl (C=O) groups excluding carboxylic acids is 1. The lowest BCUT2D eigenvalue weighted by atomic mass is 10.0. The van der Waals surface area contributed by atoms with E-state index in [0.717, 1.165) is 11.1 Å². The lowest BCUT2D eigenvalue weighted by molar-refractivity contribution is -0.131. The fourth-order valence-electron chi connectivity index (χ4n) is 2.29. The molecule has 3 heteroatoms. The van der Waals surface area contributed by atoms with Crippen molar-refractivity contribution in [2.45, 2.75) is 32.9 Å². The second-order valence-corrected chi connectivity index (χ2v) is 9.28. The zero-order chi connectivity index (χ0) is 16.3. The predicted molar refractivity (Wildman–Crippen MR) is 95.4 cm³/mol.